The van der Waals surface area contributed by atoms with Gasteiger partial charge in [-0.15, -0.1) is 0 Å². The Hall–Kier alpha value is -3.48. The van der Waals surface area contributed by atoms with Crippen LogP contribution < -0.4 is 5.32 Å². The zero-order valence-corrected chi connectivity index (χ0v) is 11.9. The molecule has 7 nitrogen and oxygen atoms in total. The van der Waals surface area contributed by atoms with Crippen molar-refractivity contribution in [1.29, 1.82) is 0 Å². The number of non-ortho nitro benzene ring substituents is 1. The monoisotopic (exact) mass is 308 g/mol. The van der Waals surface area contributed by atoms with Gasteiger partial charge in [0.15, 0.2) is 0 Å². The van der Waals surface area contributed by atoms with E-state index in [9.17, 15) is 14.9 Å². The molecule has 0 saturated heterocycles. The summed E-state index contributed by atoms with van der Waals surface area (Å²) in [5.41, 5.74) is 2.53. The van der Waals surface area contributed by atoms with E-state index in [0.29, 0.717) is 5.69 Å². The molecule has 0 spiro atoms. The molecule has 0 aliphatic heterocycles. The standard InChI is InChI=1S/C16H12N4O3/c21-16(12-2-1-3-14(10-12)20(22)23)18-13-6-4-11(5-7-13)15-8-9-17-19-15/h1-10H,(H,17,19)(H,18,21). The molecule has 0 aliphatic rings. The van der Waals surface area contributed by atoms with Crippen molar-refractivity contribution in [2.75, 3.05) is 5.32 Å². The number of aromatic amines is 1. The highest BCUT2D eigenvalue weighted by atomic mass is 16.6. The number of benzene rings is 2. The van der Waals surface area contributed by atoms with Crippen molar-refractivity contribution in [2.24, 2.45) is 0 Å². The second kappa shape index (κ2) is 6.10. The van der Waals surface area contributed by atoms with Crippen LogP contribution >= 0.6 is 0 Å². The summed E-state index contributed by atoms with van der Waals surface area (Å²) in [6.07, 6.45) is 1.66. The zero-order valence-electron chi connectivity index (χ0n) is 11.9. The van der Waals surface area contributed by atoms with Crippen molar-refractivity contribution in [3.63, 3.8) is 0 Å². The summed E-state index contributed by atoms with van der Waals surface area (Å²) in [4.78, 5) is 22.4. The third-order valence-corrected chi connectivity index (χ3v) is 3.27. The Kier molecular flexibility index (Phi) is 3.84. The lowest BCUT2D eigenvalue weighted by atomic mass is 10.1. The number of H-pyrrole nitrogens is 1. The zero-order chi connectivity index (χ0) is 16.2. The molecule has 1 aromatic heterocycles. The molecular weight excluding hydrogens is 296 g/mol. The predicted octanol–water partition coefficient (Wildman–Crippen LogP) is 3.24. The molecule has 3 rings (SSSR count). The van der Waals surface area contributed by atoms with E-state index in [4.69, 9.17) is 0 Å². The van der Waals surface area contributed by atoms with Crippen LogP contribution in [0.4, 0.5) is 11.4 Å². The molecule has 2 N–H and O–H groups in total. The van der Waals surface area contributed by atoms with Crippen molar-refractivity contribution < 1.29 is 9.72 Å². The highest BCUT2D eigenvalue weighted by Crippen LogP contribution is 2.20. The highest BCUT2D eigenvalue weighted by molar-refractivity contribution is 6.04. The number of nitro groups is 1. The molecule has 0 saturated carbocycles. The molecule has 0 fully saturated rings. The minimum Gasteiger partial charge on any atom is -0.322 e. The first-order valence-electron chi connectivity index (χ1n) is 6.79. The van der Waals surface area contributed by atoms with Crippen molar-refractivity contribution >= 4 is 17.3 Å². The van der Waals surface area contributed by atoms with E-state index in [2.05, 4.69) is 15.5 Å². The number of anilines is 1. The van der Waals surface area contributed by atoms with Crippen molar-refractivity contribution in [2.45, 2.75) is 0 Å². The Labute approximate surface area is 131 Å². The number of nitrogens with zero attached hydrogens (tertiary/aromatic N) is 2. The van der Waals surface area contributed by atoms with E-state index in [0.717, 1.165) is 11.3 Å². The summed E-state index contributed by atoms with van der Waals surface area (Å²) >= 11 is 0. The Bertz CT molecular complexity index is 842. The topological polar surface area (TPSA) is 101 Å². The second-order valence-electron chi connectivity index (χ2n) is 4.81. The third-order valence-electron chi connectivity index (χ3n) is 3.27. The Morgan fingerprint density at radius 2 is 1.91 bits per heavy atom. The van der Waals surface area contributed by atoms with Gasteiger partial charge in [0.2, 0.25) is 0 Å². The first-order valence-corrected chi connectivity index (χ1v) is 6.79. The second-order valence-corrected chi connectivity index (χ2v) is 4.81. The minimum absolute atomic E-state index is 0.118. The lowest BCUT2D eigenvalue weighted by Gasteiger charge is -2.06. The highest BCUT2D eigenvalue weighted by Gasteiger charge is 2.11. The van der Waals surface area contributed by atoms with Crippen LogP contribution in [0.2, 0.25) is 0 Å². The average molecular weight is 308 g/mol. The largest absolute Gasteiger partial charge is 0.322 e. The maximum Gasteiger partial charge on any atom is 0.270 e. The van der Waals surface area contributed by atoms with Gasteiger partial charge in [-0.3, -0.25) is 20.0 Å². The van der Waals surface area contributed by atoms with E-state index in [1.165, 1.54) is 24.3 Å². The molecule has 0 aliphatic carbocycles. The van der Waals surface area contributed by atoms with Gasteiger partial charge in [-0.25, -0.2) is 0 Å². The van der Waals surface area contributed by atoms with Gasteiger partial charge in [0.1, 0.15) is 0 Å². The third kappa shape index (κ3) is 3.24. The maximum absolute atomic E-state index is 12.2. The van der Waals surface area contributed by atoms with Crippen LogP contribution in [0.5, 0.6) is 0 Å². The van der Waals surface area contributed by atoms with Gasteiger partial charge in [0, 0.05) is 29.6 Å². The summed E-state index contributed by atoms with van der Waals surface area (Å²) in [5, 5.41) is 20.2. The molecule has 1 heterocycles. The Balaban J connectivity index is 1.75. The van der Waals surface area contributed by atoms with Gasteiger partial charge in [0.25, 0.3) is 11.6 Å². The van der Waals surface area contributed by atoms with Gasteiger partial charge in [-0.2, -0.15) is 5.10 Å². The van der Waals surface area contributed by atoms with Crippen molar-refractivity contribution in [3.05, 3.63) is 76.5 Å². The van der Waals surface area contributed by atoms with E-state index in [1.807, 2.05) is 18.2 Å². The summed E-state index contributed by atoms with van der Waals surface area (Å²) in [6.45, 7) is 0. The first kappa shape index (κ1) is 14.5. The van der Waals surface area contributed by atoms with Crippen LogP contribution in [0.25, 0.3) is 11.3 Å². The quantitative estimate of drug-likeness (QED) is 0.570. The van der Waals surface area contributed by atoms with Crippen LogP contribution in [-0.4, -0.2) is 21.0 Å². The van der Waals surface area contributed by atoms with E-state index in [-0.39, 0.29) is 11.3 Å². The summed E-state index contributed by atoms with van der Waals surface area (Å²) in [7, 11) is 0. The number of carbonyl (C=O) groups is 1. The minimum atomic E-state index is -0.532. The summed E-state index contributed by atoms with van der Waals surface area (Å²) in [5.74, 6) is -0.400. The normalized spacial score (nSPS) is 10.3. The molecule has 114 valence electrons. The van der Waals surface area contributed by atoms with Gasteiger partial charge in [-0.05, 0) is 29.8 Å². The number of nitro benzene ring substituents is 1. The number of aromatic nitrogens is 2. The molecule has 0 radical (unpaired) electrons. The molecule has 1 amide bonds. The van der Waals surface area contributed by atoms with Crippen LogP contribution in [0.3, 0.4) is 0 Å². The first-order chi connectivity index (χ1) is 11.1. The molecule has 23 heavy (non-hydrogen) atoms. The molecular formula is C16H12N4O3. The lowest BCUT2D eigenvalue weighted by molar-refractivity contribution is -0.384. The molecule has 0 bridgehead atoms. The van der Waals surface area contributed by atoms with E-state index >= 15 is 0 Å². The van der Waals surface area contributed by atoms with Crippen LogP contribution in [0, 0.1) is 10.1 Å². The van der Waals surface area contributed by atoms with Crippen molar-refractivity contribution in [1.82, 2.24) is 10.2 Å². The Morgan fingerprint density at radius 1 is 1.13 bits per heavy atom. The van der Waals surface area contributed by atoms with Crippen LogP contribution in [0.15, 0.2) is 60.8 Å². The van der Waals surface area contributed by atoms with E-state index < -0.39 is 10.8 Å². The van der Waals surface area contributed by atoms with Crippen molar-refractivity contribution in [3.8, 4) is 11.3 Å². The average Bonchev–Trinajstić information content (AvgIpc) is 3.10. The smallest absolute Gasteiger partial charge is 0.270 e. The SMILES string of the molecule is O=C(Nc1ccc(-c2ccn[nH]2)cc1)c1cccc([N+](=O)[O-])c1. The van der Waals surface area contributed by atoms with Crippen LogP contribution in [-0.2, 0) is 0 Å². The molecule has 2 aromatic carbocycles. The fourth-order valence-corrected chi connectivity index (χ4v) is 2.11. The van der Waals surface area contributed by atoms with Gasteiger partial charge in [0.05, 0.1) is 10.6 Å². The predicted molar refractivity (Wildman–Crippen MR) is 85.1 cm³/mol. The van der Waals surface area contributed by atoms with Gasteiger partial charge in [-0.1, -0.05) is 18.2 Å². The molecule has 0 unspecified atom stereocenters. The fourth-order valence-electron chi connectivity index (χ4n) is 2.11. The number of amides is 1. The van der Waals surface area contributed by atoms with E-state index in [1.54, 1.807) is 18.3 Å². The van der Waals surface area contributed by atoms with Gasteiger partial charge >= 0.3 is 0 Å². The molecule has 7 heteroatoms. The van der Waals surface area contributed by atoms with Gasteiger partial charge < -0.3 is 5.32 Å². The van der Waals surface area contributed by atoms with Crippen LogP contribution in [0.1, 0.15) is 10.4 Å². The number of nitrogens with one attached hydrogen (secondary N) is 2. The molecule has 0 atom stereocenters. The maximum atomic E-state index is 12.2. The Morgan fingerprint density at radius 3 is 2.57 bits per heavy atom. The number of hydrogen-bond acceptors (Lipinski definition) is 4. The fraction of sp³-hybridized carbons (Fsp3) is 0. The summed E-state index contributed by atoms with van der Waals surface area (Å²) in [6, 6.07) is 14.6. The number of rotatable bonds is 4. The number of hydrogen-bond donors (Lipinski definition) is 2. The summed E-state index contributed by atoms with van der Waals surface area (Å²) < 4.78 is 0. The number of carbonyl (C=O) groups excluding carboxylic acids is 1. The lowest BCUT2D eigenvalue weighted by Crippen LogP contribution is -2.11. The molecule has 3 aromatic rings.